The Morgan fingerprint density at radius 2 is 1.95 bits per heavy atom. The maximum absolute atomic E-state index is 12.6. The van der Waals surface area contributed by atoms with Crippen molar-refractivity contribution in [3.63, 3.8) is 0 Å². The van der Waals surface area contributed by atoms with E-state index in [-0.39, 0.29) is 11.7 Å². The lowest BCUT2D eigenvalue weighted by Crippen LogP contribution is -2.55. The first-order valence-electron chi connectivity index (χ1n) is 6.80. The van der Waals surface area contributed by atoms with E-state index in [0.717, 1.165) is 10.8 Å². The minimum Gasteiger partial charge on any atom is -0.409 e. The summed E-state index contributed by atoms with van der Waals surface area (Å²) in [7, 11) is 0. The topological polar surface area (TPSA) is 87.7 Å². The molecule has 0 saturated heterocycles. The minimum absolute atomic E-state index is 0.0152. The van der Waals surface area contributed by atoms with Gasteiger partial charge in [0.2, 0.25) is 0 Å². The second-order valence-electron chi connectivity index (χ2n) is 5.15. The molecular formula is C16H19N3O2. The first-order chi connectivity index (χ1) is 10.0. The molecule has 0 aliphatic carbocycles. The van der Waals surface area contributed by atoms with Crippen molar-refractivity contribution in [3.8, 4) is 0 Å². The van der Waals surface area contributed by atoms with Gasteiger partial charge in [0.05, 0.1) is 5.54 Å². The van der Waals surface area contributed by atoms with Crippen molar-refractivity contribution in [1.29, 1.82) is 0 Å². The number of carbonyl (C=O) groups is 1. The number of nitrogens with two attached hydrogens (primary N) is 1. The molecule has 0 aliphatic rings. The van der Waals surface area contributed by atoms with Crippen LogP contribution in [0.3, 0.4) is 0 Å². The largest absolute Gasteiger partial charge is 0.409 e. The van der Waals surface area contributed by atoms with Crippen LogP contribution in [-0.4, -0.2) is 22.5 Å². The zero-order valence-corrected chi connectivity index (χ0v) is 12.1. The van der Waals surface area contributed by atoms with Gasteiger partial charge in [-0.2, -0.15) is 0 Å². The lowest BCUT2D eigenvalue weighted by atomic mass is 9.96. The van der Waals surface area contributed by atoms with Crippen LogP contribution in [0, 0.1) is 0 Å². The molecule has 110 valence electrons. The van der Waals surface area contributed by atoms with Gasteiger partial charge in [-0.15, -0.1) is 0 Å². The molecule has 2 aromatic carbocycles. The van der Waals surface area contributed by atoms with E-state index in [4.69, 9.17) is 10.9 Å². The Morgan fingerprint density at radius 3 is 2.62 bits per heavy atom. The third kappa shape index (κ3) is 2.81. The molecule has 0 saturated carbocycles. The first-order valence-corrected chi connectivity index (χ1v) is 6.80. The molecule has 1 unspecified atom stereocenters. The zero-order chi connectivity index (χ0) is 15.5. The quantitative estimate of drug-likeness (QED) is 0.349. The van der Waals surface area contributed by atoms with Crippen molar-refractivity contribution in [1.82, 2.24) is 5.32 Å². The van der Waals surface area contributed by atoms with Crippen LogP contribution in [0.2, 0.25) is 0 Å². The van der Waals surface area contributed by atoms with E-state index in [1.54, 1.807) is 13.0 Å². The fourth-order valence-corrected chi connectivity index (χ4v) is 2.19. The van der Waals surface area contributed by atoms with Crippen LogP contribution in [0.4, 0.5) is 0 Å². The number of amidine groups is 1. The minimum atomic E-state index is -0.886. The highest BCUT2D eigenvalue weighted by atomic mass is 16.4. The average molecular weight is 285 g/mol. The van der Waals surface area contributed by atoms with E-state index in [9.17, 15) is 4.79 Å². The maximum atomic E-state index is 12.6. The number of carbonyl (C=O) groups excluding carboxylic acids is 1. The van der Waals surface area contributed by atoms with Crippen LogP contribution in [0.25, 0.3) is 10.8 Å². The van der Waals surface area contributed by atoms with Gasteiger partial charge in [0, 0.05) is 5.56 Å². The van der Waals surface area contributed by atoms with Crippen molar-refractivity contribution in [3.05, 3.63) is 48.0 Å². The second kappa shape index (κ2) is 5.83. The molecule has 5 heteroatoms. The smallest absolute Gasteiger partial charge is 0.252 e. The van der Waals surface area contributed by atoms with Gasteiger partial charge in [0.15, 0.2) is 5.84 Å². The first kappa shape index (κ1) is 14.8. The molecule has 0 aliphatic heterocycles. The number of rotatable bonds is 4. The van der Waals surface area contributed by atoms with Crippen LogP contribution in [0.15, 0.2) is 47.6 Å². The molecule has 5 nitrogen and oxygen atoms in total. The molecule has 0 aromatic heterocycles. The summed E-state index contributed by atoms with van der Waals surface area (Å²) in [5.41, 5.74) is 5.37. The van der Waals surface area contributed by atoms with Gasteiger partial charge in [-0.1, -0.05) is 48.5 Å². The molecule has 0 radical (unpaired) electrons. The second-order valence-corrected chi connectivity index (χ2v) is 5.15. The van der Waals surface area contributed by atoms with Crippen LogP contribution in [0.1, 0.15) is 30.6 Å². The number of oxime groups is 1. The lowest BCUT2D eigenvalue weighted by molar-refractivity contribution is 0.0926. The standard InChI is InChI=1S/C16H19N3O2/c1-3-16(2,15(17)19-21)18-14(20)13-10-6-8-11-7-4-5-9-12(11)13/h4-10,21H,3H2,1-2H3,(H2,17,19)(H,18,20). The summed E-state index contributed by atoms with van der Waals surface area (Å²) in [5, 5.41) is 16.6. The fourth-order valence-electron chi connectivity index (χ4n) is 2.19. The van der Waals surface area contributed by atoms with E-state index in [0.29, 0.717) is 12.0 Å². The van der Waals surface area contributed by atoms with Crippen LogP contribution >= 0.6 is 0 Å². The van der Waals surface area contributed by atoms with E-state index in [1.807, 2.05) is 43.3 Å². The summed E-state index contributed by atoms with van der Waals surface area (Å²) < 4.78 is 0. The molecule has 0 heterocycles. The van der Waals surface area contributed by atoms with E-state index < -0.39 is 5.54 Å². The number of amides is 1. The lowest BCUT2D eigenvalue weighted by Gasteiger charge is -2.28. The highest BCUT2D eigenvalue weighted by Gasteiger charge is 2.30. The van der Waals surface area contributed by atoms with Crippen LogP contribution in [0.5, 0.6) is 0 Å². The Morgan fingerprint density at radius 1 is 1.29 bits per heavy atom. The third-order valence-electron chi connectivity index (χ3n) is 3.80. The van der Waals surface area contributed by atoms with Crippen molar-refractivity contribution < 1.29 is 10.0 Å². The predicted octanol–water partition coefficient (Wildman–Crippen LogP) is 2.48. The van der Waals surface area contributed by atoms with Gasteiger partial charge in [0.25, 0.3) is 5.91 Å². The normalized spacial score (nSPS) is 14.7. The third-order valence-corrected chi connectivity index (χ3v) is 3.80. The summed E-state index contributed by atoms with van der Waals surface area (Å²) in [5.74, 6) is -0.263. The Hall–Kier alpha value is -2.56. The van der Waals surface area contributed by atoms with Crippen LogP contribution in [-0.2, 0) is 0 Å². The Labute approximate surface area is 123 Å². The molecule has 4 N–H and O–H groups in total. The highest BCUT2D eigenvalue weighted by Crippen LogP contribution is 2.20. The summed E-state index contributed by atoms with van der Waals surface area (Å²) in [6.45, 7) is 3.59. The molecule has 0 spiro atoms. The van der Waals surface area contributed by atoms with Gasteiger partial charge in [-0.05, 0) is 30.2 Å². The van der Waals surface area contributed by atoms with E-state index in [2.05, 4.69) is 10.5 Å². The monoisotopic (exact) mass is 285 g/mol. The average Bonchev–Trinajstić information content (AvgIpc) is 2.53. The number of fused-ring (bicyclic) bond motifs is 1. The molecule has 2 aromatic rings. The van der Waals surface area contributed by atoms with Gasteiger partial charge in [0.1, 0.15) is 0 Å². The molecular weight excluding hydrogens is 266 g/mol. The molecule has 0 bridgehead atoms. The van der Waals surface area contributed by atoms with Crippen molar-refractivity contribution in [2.45, 2.75) is 25.8 Å². The SMILES string of the molecule is CCC(C)(NC(=O)c1cccc2ccccc12)/C(N)=N/O. The Kier molecular flexibility index (Phi) is 4.12. The van der Waals surface area contributed by atoms with Gasteiger partial charge in [-0.3, -0.25) is 4.79 Å². The number of benzene rings is 2. The van der Waals surface area contributed by atoms with Crippen molar-refractivity contribution in [2.24, 2.45) is 10.9 Å². The summed E-state index contributed by atoms with van der Waals surface area (Å²) in [6, 6.07) is 13.2. The number of nitrogens with one attached hydrogen (secondary N) is 1. The summed E-state index contributed by atoms with van der Waals surface area (Å²) >= 11 is 0. The molecule has 2 rings (SSSR count). The molecule has 21 heavy (non-hydrogen) atoms. The zero-order valence-electron chi connectivity index (χ0n) is 12.1. The van der Waals surface area contributed by atoms with Crippen molar-refractivity contribution in [2.75, 3.05) is 0 Å². The maximum Gasteiger partial charge on any atom is 0.252 e. The Balaban J connectivity index is 2.39. The Bertz CT molecular complexity index is 691. The number of hydrogen-bond acceptors (Lipinski definition) is 3. The van der Waals surface area contributed by atoms with Gasteiger partial charge >= 0.3 is 0 Å². The number of nitrogens with zero attached hydrogens (tertiary/aromatic N) is 1. The summed E-state index contributed by atoms with van der Waals surface area (Å²) in [6.07, 6.45) is 0.513. The van der Waals surface area contributed by atoms with Crippen LogP contribution < -0.4 is 11.1 Å². The molecule has 1 atom stereocenters. The fraction of sp³-hybridized carbons (Fsp3) is 0.250. The molecule has 1 amide bonds. The van der Waals surface area contributed by atoms with Crippen molar-refractivity contribution >= 4 is 22.5 Å². The van der Waals surface area contributed by atoms with Gasteiger partial charge < -0.3 is 16.3 Å². The molecule has 0 fully saturated rings. The van der Waals surface area contributed by atoms with E-state index in [1.165, 1.54) is 0 Å². The highest BCUT2D eigenvalue weighted by molar-refractivity contribution is 6.08. The van der Waals surface area contributed by atoms with Gasteiger partial charge in [-0.25, -0.2) is 0 Å². The summed E-state index contributed by atoms with van der Waals surface area (Å²) in [4.78, 5) is 12.6. The number of hydrogen-bond donors (Lipinski definition) is 3. The predicted molar refractivity (Wildman–Crippen MR) is 83.5 cm³/mol. The van der Waals surface area contributed by atoms with E-state index >= 15 is 0 Å².